The smallest absolute Gasteiger partial charge is 0.147 e. The van der Waals surface area contributed by atoms with Crippen LogP contribution in [-0.2, 0) is 0 Å². The Morgan fingerprint density at radius 3 is 2.33 bits per heavy atom. The Labute approximate surface area is 106 Å². The maximum Gasteiger partial charge on any atom is 0.147 e. The summed E-state index contributed by atoms with van der Waals surface area (Å²) >= 11 is 0. The number of hydrogen-bond donors (Lipinski definition) is 1. The van der Waals surface area contributed by atoms with Crippen molar-refractivity contribution in [1.29, 1.82) is 0 Å². The van der Waals surface area contributed by atoms with Crippen LogP contribution in [0.15, 0.2) is 30.6 Å². The van der Waals surface area contributed by atoms with Crippen LogP contribution < -0.4 is 0 Å². The molecule has 0 amide bonds. The van der Waals surface area contributed by atoms with Gasteiger partial charge in [0.15, 0.2) is 0 Å². The van der Waals surface area contributed by atoms with E-state index in [0.29, 0.717) is 5.56 Å². The highest BCUT2D eigenvalue weighted by atomic mass is 19.1. The molecule has 1 aromatic carbocycles. The van der Waals surface area contributed by atoms with E-state index in [1.807, 2.05) is 32.9 Å². The topological polar surface area (TPSA) is 33.1 Å². The van der Waals surface area contributed by atoms with Gasteiger partial charge in [-0.05, 0) is 49.1 Å². The molecule has 0 radical (unpaired) electrons. The van der Waals surface area contributed by atoms with Crippen LogP contribution in [0.5, 0.6) is 0 Å². The van der Waals surface area contributed by atoms with E-state index < -0.39 is 11.9 Å². The minimum absolute atomic E-state index is 0.257. The van der Waals surface area contributed by atoms with Gasteiger partial charge in [0.2, 0.25) is 0 Å². The van der Waals surface area contributed by atoms with Crippen molar-refractivity contribution in [2.75, 3.05) is 0 Å². The number of rotatable bonds is 2. The SMILES string of the molecule is Cc1cc(C(O)c2ccncc2F)cc(C)c1C. The van der Waals surface area contributed by atoms with E-state index in [9.17, 15) is 9.50 Å². The van der Waals surface area contributed by atoms with Crippen LogP contribution in [0.4, 0.5) is 4.39 Å². The molecular weight excluding hydrogens is 229 g/mol. The average Bonchev–Trinajstić information content (AvgIpc) is 2.35. The average molecular weight is 245 g/mol. The number of aromatic nitrogens is 1. The van der Waals surface area contributed by atoms with Crippen LogP contribution in [-0.4, -0.2) is 10.1 Å². The van der Waals surface area contributed by atoms with Crippen molar-refractivity contribution in [2.45, 2.75) is 26.9 Å². The molecule has 94 valence electrons. The van der Waals surface area contributed by atoms with Gasteiger partial charge in [-0.3, -0.25) is 4.98 Å². The number of hydrogen-bond acceptors (Lipinski definition) is 2. The van der Waals surface area contributed by atoms with Crippen LogP contribution in [0, 0.1) is 26.6 Å². The number of pyridine rings is 1. The highest BCUT2D eigenvalue weighted by Crippen LogP contribution is 2.26. The highest BCUT2D eigenvalue weighted by Gasteiger charge is 2.16. The number of nitrogens with zero attached hydrogens (tertiary/aromatic N) is 1. The molecule has 0 aliphatic heterocycles. The molecule has 2 nitrogen and oxygen atoms in total. The summed E-state index contributed by atoms with van der Waals surface area (Å²) in [5, 5.41) is 10.2. The van der Waals surface area contributed by atoms with Gasteiger partial charge in [-0.25, -0.2) is 4.39 Å². The molecule has 1 unspecified atom stereocenters. The van der Waals surface area contributed by atoms with Crippen molar-refractivity contribution in [3.05, 3.63) is 64.2 Å². The van der Waals surface area contributed by atoms with E-state index in [1.165, 1.54) is 17.8 Å². The Balaban J connectivity index is 2.47. The van der Waals surface area contributed by atoms with Gasteiger partial charge in [-0.2, -0.15) is 0 Å². The zero-order chi connectivity index (χ0) is 13.3. The number of aryl methyl sites for hydroxylation is 2. The quantitative estimate of drug-likeness (QED) is 0.881. The fourth-order valence-electron chi connectivity index (χ4n) is 2.01. The van der Waals surface area contributed by atoms with E-state index in [2.05, 4.69) is 4.98 Å². The molecule has 0 fully saturated rings. The van der Waals surface area contributed by atoms with Crippen molar-refractivity contribution in [2.24, 2.45) is 0 Å². The van der Waals surface area contributed by atoms with Gasteiger partial charge in [0, 0.05) is 11.8 Å². The molecule has 3 heteroatoms. The molecule has 0 saturated heterocycles. The molecule has 2 rings (SSSR count). The van der Waals surface area contributed by atoms with E-state index in [4.69, 9.17) is 0 Å². The molecular formula is C15H16FNO. The molecule has 0 aliphatic carbocycles. The summed E-state index contributed by atoms with van der Waals surface area (Å²) in [5.41, 5.74) is 4.35. The minimum Gasteiger partial charge on any atom is -0.384 e. The number of aliphatic hydroxyl groups is 1. The first-order chi connectivity index (χ1) is 8.50. The van der Waals surface area contributed by atoms with Gasteiger partial charge in [0.25, 0.3) is 0 Å². The maximum absolute atomic E-state index is 13.6. The number of aliphatic hydroxyl groups excluding tert-OH is 1. The first-order valence-corrected chi connectivity index (χ1v) is 5.86. The Bertz CT molecular complexity index is 557. The zero-order valence-electron chi connectivity index (χ0n) is 10.7. The Morgan fingerprint density at radius 1 is 1.17 bits per heavy atom. The predicted octanol–water partition coefficient (Wildman–Crippen LogP) is 3.23. The summed E-state index contributed by atoms with van der Waals surface area (Å²) in [5.74, 6) is -0.485. The molecule has 18 heavy (non-hydrogen) atoms. The minimum atomic E-state index is -0.953. The monoisotopic (exact) mass is 245 g/mol. The van der Waals surface area contributed by atoms with Crippen molar-refractivity contribution in [1.82, 2.24) is 4.98 Å². The highest BCUT2D eigenvalue weighted by molar-refractivity contribution is 5.40. The summed E-state index contributed by atoms with van der Waals surface area (Å²) < 4.78 is 13.6. The summed E-state index contributed by atoms with van der Waals surface area (Å²) in [6.07, 6.45) is 1.65. The molecule has 0 aliphatic rings. The lowest BCUT2D eigenvalue weighted by Gasteiger charge is -2.15. The first kappa shape index (κ1) is 12.7. The predicted molar refractivity (Wildman–Crippen MR) is 68.9 cm³/mol. The second-order valence-electron chi connectivity index (χ2n) is 4.58. The van der Waals surface area contributed by atoms with Gasteiger partial charge in [0.1, 0.15) is 11.9 Å². The lowest BCUT2D eigenvalue weighted by Crippen LogP contribution is -2.04. The summed E-state index contributed by atoms with van der Waals surface area (Å²) in [6.45, 7) is 6.01. The third-order valence-electron chi connectivity index (χ3n) is 3.36. The normalized spacial score (nSPS) is 12.5. The van der Waals surface area contributed by atoms with Crippen molar-refractivity contribution >= 4 is 0 Å². The molecule has 1 atom stereocenters. The Kier molecular flexibility index (Phi) is 3.43. The summed E-state index contributed by atoms with van der Waals surface area (Å²) in [4.78, 5) is 3.68. The number of benzene rings is 1. The van der Waals surface area contributed by atoms with Gasteiger partial charge in [0.05, 0.1) is 6.20 Å². The largest absolute Gasteiger partial charge is 0.384 e. The molecule has 0 saturated carbocycles. The van der Waals surface area contributed by atoms with E-state index in [-0.39, 0.29) is 5.56 Å². The van der Waals surface area contributed by atoms with Gasteiger partial charge < -0.3 is 5.11 Å². The number of halogens is 1. The molecule has 2 aromatic rings. The van der Waals surface area contributed by atoms with Gasteiger partial charge in [-0.15, -0.1) is 0 Å². The second-order valence-corrected chi connectivity index (χ2v) is 4.58. The van der Waals surface area contributed by atoms with Crippen LogP contribution in [0.1, 0.15) is 33.9 Å². The molecule has 0 bridgehead atoms. The Hall–Kier alpha value is -1.74. The molecule has 1 aromatic heterocycles. The zero-order valence-corrected chi connectivity index (χ0v) is 10.7. The van der Waals surface area contributed by atoms with E-state index in [1.54, 1.807) is 0 Å². The third-order valence-corrected chi connectivity index (χ3v) is 3.36. The molecule has 1 N–H and O–H groups in total. The van der Waals surface area contributed by atoms with Crippen molar-refractivity contribution in [3.63, 3.8) is 0 Å². The Morgan fingerprint density at radius 2 is 1.78 bits per heavy atom. The lowest BCUT2D eigenvalue weighted by atomic mass is 9.95. The molecule has 1 heterocycles. The standard InChI is InChI=1S/C15H16FNO/c1-9-6-12(7-10(2)11(9)3)15(18)13-4-5-17-8-14(13)16/h4-8,15,18H,1-3H3. The van der Waals surface area contributed by atoms with Crippen LogP contribution in [0.2, 0.25) is 0 Å². The van der Waals surface area contributed by atoms with Crippen molar-refractivity contribution < 1.29 is 9.50 Å². The van der Waals surface area contributed by atoms with Crippen LogP contribution in [0.25, 0.3) is 0 Å². The first-order valence-electron chi connectivity index (χ1n) is 5.86. The van der Waals surface area contributed by atoms with E-state index >= 15 is 0 Å². The van der Waals surface area contributed by atoms with Gasteiger partial charge >= 0.3 is 0 Å². The summed E-state index contributed by atoms with van der Waals surface area (Å²) in [7, 11) is 0. The fraction of sp³-hybridized carbons (Fsp3) is 0.267. The third kappa shape index (κ3) is 2.27. The molecule has 0 spiro atoms. The van der Waals surface area contributed by atoms with E-state index in [0.717, 1.165) is 17.3 Å². The van der Waals surface area contributed by atoms with Crippen LogP contribution in [0.3, 0.4) is 0 Å². The fourth-order valence-corrected chi connectivity index (χ4v) is 2.01. The second kappa shape index (κ2) is 4.86. The van der Waals surface area contributed by atoms with Gasteiger partial charge in [-0.1, -0.05) is 12.1 Å². The van der Waals surface area contributed by atoms with Crippen LogP contribution >= 0.6 is 0 Å². The van der Waals surface area contributed by atoms with Crippen molar-refractivity contribution in [3.8, 4) is 0 Å². The maximum atomic E-state index is 13.6. The summed E-state index contributed by atoms with van der Waals surface area (Å²) in [6, 6.07) is 5.30. The lowest BCUT2D eigenvalue weighted by molar-refractivity contribution is 0.214.